The Labute approximate surface area is 387 Å². The van der Waals surface area contributed by atoms with E-state index in [0.29, 0.717) is 12.8 Å². The lowest BCUT2D eigenvalue weighted by atomic mass is 10.1. The molecular formula is C57H94O6. The van der Waals surface area contributed by atoms with Crippen LogP contribution in [0.2, 0.25) is 0 Å². The first kappa shape index (κ1) is 59.3. The quantitative estimate of drug-likeness (QED) is 0.0262. The van der Waals surface area contributed by atoms with E-state index >= 15 is 0 Å². The molecule has 0 aromatic carbocycles. The van der Waals surface area contributed by atoms with E-state index in [0.717, 1.165) is 96.3 Å². The smallest absolute Gasteiger partial charge is 0.310 e. The number of rotatable bonds is 45. The molecule has 0 aliphatic carbocycles. The molecule has 6 nitrogen and oxygen atoms in total. The highest BCUT2D eigenvalue weighted by molar-refractivity contribution is 5.72. The van der Waals surface area contributed by atoms with Crippen molar-refractivity contribution in [3.8, 4) is 0 Å². The van der Waals surface area contributed by atoms with Gasteiger partial charge in [-0.2, -0.15) is 0 Å². The normalized spacial score (nSPS) is 12.9. The highest BCUT2D eigenvalue weighted by Gasteiger charge is 2.19. The maximum Gasteiger partial charge on any atom is 0.310 e. The van der Waals surface area contributed by atoms with Gasteiger partial charge in [0.2, 0.25) is 0 Å². The van der Waals surface area contributed by atoms with Crippen molar-refractivity contribution in [3.63, 3.8) is 0 Å². The molecular weight excluding hydrogens is 781 g/mol. The minimum atomic E-state index is -0.838. The Bertz CT molecular complexity index is 1280. The minimum Gasteiger partial charge on any atom is -0.462 e. The number of carbonyl (C=O) groups excluding carboxylic acids is 3. The molecule has 0 saturated carbocycles. The fourth-order valence-corrected chi connectivity index (χ4v) is 6.72. The van der Waals surface area contributed by atoms with E-state index in [4.69, 9.17) is 14.2 Å². The van der Waals surface area contributed by atoms with Crippen molar-refractivity contribution in [1.29, 1.82) is 0 Å². The van der Waals surface area contributed by atoms with Crippen LogP contribution in [0.15, 0.2) is 97.2 Å². The highest BCUT2D eigenvalue weighted by Crippen LogP contribution is 2.13. The van der Waals surface area contributed by atoms with Crippen LogP contribution < -0.4 is 0 Å². The van der Waals surface area contributed by atoms with Gasteiger partial charge >= 0.3 is 17.9 Å². The molecule has 0 N–H and O–H groups in total. The second-order valence-corrected chi connectivity index (χ2v) is 16.7. The summed E-state index contributed by atoms with van der Waals surface area (Å²) in [5.74, 6) is -1.07. The van der Waals surface area contributed by atoms with Gasteiger partial charge in [0, 0.05) is 12.8 Å². The molecule has 0 rings (SSSR count). The minimum absolute atomic E-state index is 0.0915. The van der Waals surface area contributed by atoms with Crippen molar-refractivity contribution in [1.82, 2.24) is 0 Å². The van der Waals surface area contributed by atoms with Crippen molar-refractivity contribution < 1.29 is 28.6 Å². The highest BCUT2D eigenvalue weighted by atomic mass is 16.6. The maximum absolute atomic E-state index is 12.7. The summed E-state index contributed by atoms with van der Waals surface area (Å²) in [4.78, 5) is 37.9. The molecule has 0 fully saturated rings. The van der Waals surface area contributed by atoms with Crippen LogP contribution in [0.5, 0.6) is 0 Å². The van der Waals surface area contributed by atoms with Crippen molar-refractivity contribution in [2.24, 2.45) is 0 Å². The molecule has 0 aliphatic rings. The van der Waals surface area contributed by atoms with Crippen LogP contribution in [0.1, 0.15) is 226 Å². The lowest BCUT2D eigenvalue weighted by molar-refractivity contribution is -0.166. The molecule has 0 amide bonds. The maximum atomic E-state index is 12.7. The van der Waals surface area contributed by atoms with E-state index in [1.54, 1.807) is 6.08 Å². The second-order valence-electron chi connectivity index (χ2n) is 16.7. The Balaban J connectivity index is 4.53. The van der Waals surface area contributed by atoms with Crippen LogP contribution in [-0.2, 0) is 28.6 Å². The molecule has 1 unspecified atom stereocenters. The van der Waals surface area contributed by atoms with Gasteiger partial charge in [0.05, 0.1) is 6.42 Å². The average Bonchev–Trinajstić information content (AvgIpc) is 3.28. The van der Waals surface area contributed by atoms with E-state index in [1.165, 1.54) is 89.9 Å². The van der Waals surface area contributed by atoms with Gasteiger partial charge in [0.25, 0.3) is 0 Å². The van der Waals surface area contributed by atoms with Gasteiger partial charge in [-0.3, -0.25) is 14.4 Å². The second kappa shape index (κ2) is 51.0. The number of allylic oxidation sites excluding steroid dienone is 15. The molecule has 0 aliphatic heterocycles. The number of esters is 3. The summed E-state index contributed by atoms with van der Waals surface area (Å²) in [5, 5.41) is 0. The molecule has 63 heavy (non-hydrogen) atoms. The monoisotopic (exact) mass is 875 g/mol. The Morgan fingerprint density at radius 3 is 1.10 bits per heavy atom. The molecule has 0 bridgehead atoms. The summed E-state index contributed by atoms with van der Waals surface area (Å²) < 4.78 is 16.7. The molecule has 0 spiro atoms. The van der Waals surface area contributed by atoms with Crippen molar-refractivity contribution in [3.05, 3.63) is 97.2 Å². The number of hydrogen-bond donors (Lipinski definition) is 0. The third-order valence-corrected chi connectivity index (χ3v) is 10.6. The Morgan fingerprint density at radius 2 is 0.667 bits per heavy atom. The van der Waals surface area contributed by atoms with Crippen LogP contribution in [0.25, 0.3) is 0 Å². The fraction of sp³-hybridized carbons (Fsp3) is 0.667. The first-order valence-corrected chi connectivity index (χ1v) is 25.7. The number of unbranched alkanes of at least 4 members (excludes halogenated alkanes) is 19. The molecule has 0 aromatic heterocycles. The van der Waals surface area contributed by atoms with Crippen LogP contribution in [-0.4, -0.2) is 37.2 Å². The molecule has 6 heteroatoms. The largest absolute Gasteiger partial charge is 0.462 e. The van der Waals surface area contributed by atoms with Crippen molar-refractivity contribution in [2.45, 2.75) is 232 Å². The van der Waals surface area contributed by atoms with Crippen molar-refractivity contribution >= 4 is 17.9 Å². The van der Waals surface area contributed by atoms with Crippen molar-refractivity contribution in [2.75, 3.05) is 13.2 Å². The van der Waals surface area contributed by atoms with Crippen LogP contribution >= 0.6 is 0 Å². The molecule has 0 heterocycles. The predicted molar refractivity (Wildman–Crippen MR) is 270 cm³/mol. The van der Waals surface area contributed by atoms with Gasteiger partial charge < -0.3 is 14.2 Å². The van der Waals surface area contributed by atoms with Gasteiger partial charge in [0.15, 0.2) is 6.10 Å². The molecule has 0 saturated heterocycles. The third kappa shape index (κ3) is 49.2. The first-order chi connectivity index (χ1) is 31.0. The average molecular weight is 875 g/mol. The zero-order valence-corrected chi connectivity index (χ0v) is 40.8. The van der Waals surface area contributed by atoms with Gasteiger partial charge in [-0.05, 0) is 103 Å². The standard InChI is InChI=1S/C57H94O6/c1-4-7-10-13-16-19-22-25-27-28-30-32-35-38-41-44-47-50-56(59)62-53-54(52-61-55(58)49-46-43-40-37-34-31-24-21-18-15-12-9-6-3)63-57(60)51-48-45-42-39-36-33-29-26-23-20-17-14-11-8-5-2/h8,11,16-17,19-21,24-27,29,36,39,45,48,54H,4-7,9-10,12-15,18,22-23,28,30-35,37-38,40-44,46-47,49-53H2,1-3H3/b11-8-,19-16-,20-17-,24-21-,27-25-,29-26-,39-36-,48-45-. The van der Waals surface area contributed by atoms with Crippen LogP contribution in [0, 0.1) is 0 Å². The summed E-state index contributed by atoms with van der Waals surface area (Å²) in [6.45, 7) is 6.37. The molecule has 0 aromatic rings. The Morgan fingerprint density at radius 1 is 0.349 bits per heavy atom. The van der Waals surface area contributed by atoms with Gasteiger partial charge in [-0.25, -0.2) is 0 Å². The molecule has 0 radical (unpaired) electrons. The summed E-state index contributed by atoms with van der Waals surface area (Å²) in [6.07, 6.45) is 67.0. The fourth-order valence-electron chi connectivity index (χ4n) is 6.72. The van der Waals surface area contributed by atoms with Gasteiger partial charge in [-0.15, -0.1) is 0 Å². The Hall–Kier alpha value is -3.67. The van der Waals surface area contributed by atoms with Gasteiger partial charge in [-0.1, -0.05) is 201 Å². The molecule has 1 atom stereocenters. The number of ether oxygens (including phenoxy) is 3. The van der Waals surface area contributed by atoms with E-state index in [1.807, 2.05) is 6.08 Å². The topological polar surface area (TPSA) is 78.9 Å². The number of hydrogen-bond acceptors (Lipinski definition) is 6. The lowest BCUT2D eigenvalue weighted by Crippen LogP contribution is -2.30. The zero-order valence-electron chi connectivity index (χ0n) is 40.8. The summed E-state index contributed by atoms with van der Waals surface area (Å²) in [6, 6.07) is 0. The first-order valence-electron chi connectivity index (χ1n) is 25.7. The van der Waals surface area contributed by atoms with Crippen LogP contribution in [0.3, 0.4) is 0 Å². The summed E-state index contributed by atoms with van der Waals surface area (Å²) in [5.41, 5.74) is 0. The van der Waals surface area contributed by atoms with E-state index in [2.05, 4.69) is 106 Å². The lowest BCUT2D eigenvalue weighted by Gasteiger charge is -2.18. The summed E-state index contributed by atoms with van der Waals surface area (Å²) in [7, 11) is 0. The van der Waals surface area contributed by atoms with E-state index < -0.39 is 12.1 Å². The third-order valence-electron chi connectivity index (χ3n) is 10.6. The summed E-state index contributed by atoms with van der Waals surface area (Å²) >= 11 is 0. The predicted octanol–water partition coefficient (Wildman–Crippen LogP) is 17.0. The van der Waals surface area contributed by atoms with E-state index in [-0.39, 0.29) is 31.6 Å². The number of carbonyl (C=O) groups is 3. The van der Waals surface area contributed by atoms with E-state index in [9.17, 15) is 14.4 Å². The van der Waals surface area contributed by atoms with Crippen LogP contribution in [0.4, 0.5) is 0 Å². The zero-order chi connectivity index (χ0) is 45.8. The Kier molecular flexibility index (Phi) is 48.0. The van der Waals surface area contributed by atoms with Gasteiger partial charge in [0.1, 0.15) is 13.2 Å². The SMILES string of the molecule is CC/C=C\C/C=C\C/C=C\C/C=C\C/C=C\CC(=O)OC(COC(=O)CCCCCCC/C=C\CCCCCC)COC(=O)CCCCCCCCC/C=C\C/C=C\CCCCC. The molecule has 358 valence electrons.